The first kappa shape index (κ1) is 21.9. The van der Waals surface area contributed by atoms with Gasteiger partial charge in [0.1, 0.15) is 6.23 Å². The minimum Gasteiger partial charge on any atom is -0.430 e. The van der Waals surface area contributed by atoms with Crippen LogP contribution < -0.4 is 16.4 Å². The Kier molecular flexibility index (Phi) is 7.08. The van der Waals surface area contributed by atoms with E-state index in [0.29, 0.717) is 24.9 Å². The van der Waals surface area contributed by atoms with Crippen molar-refractivity contribution in [1.82, 2.24) is 10.6 Å². The maximum Gasteiger partial charge on any atom is 0.436 e. The number of alkyl halides is 1. The van der Waals surface area contributed by atoms with Crippen molar-refractivity contribution in [1.29, 1.82) is 5.41 Å². The fourth-order valence-corrected chi connectivity index (χ4v) is 4.86. The van der Waals surface area contributed by atoms with Crippen LogP contribution in [0, 0.1) is 5.41 Å². The third-order valence-electron chi connectivity index (χ3n) is 6.44. The number of amides is 1. The monoisotopic (exact) mass is 420 g/mol. The highest BCUT2D eigenvalue weighted by atomic mass is 35.5. The summed E-state index contributed by atoms with van der Waals surface area (Å²) in [7, 11) is -0.478. The lowest BCUT2D eigenvalue weighted by Crippen LogP contribution is -2.45. The summed E-state index contributed by atoms with van der Waals surface area (Å²) >= 11 is 6.65. The van der Waals surface area contributed by atoms with Crippen molar-refractivity contribution < 1.29 is 14.5 Å². The Morgan fingerprint density at radius 3 is 2.41 bits per heavy atom. The number of nitrogens with one attached hydrogen (secondary N) is 3. The number of carbonyl (C=O) groups is 1. The molecule has 4 rings (SSSR count). The lowest BCUT2D eigenvalue weighted by Gasteiger charge is -2.51. The molecule has 7 nitrogen and oxygen atoms in total. The second-order valence-electron chi connectivity index (χ2n) is 8.25. The largest absolute Gasteiger partial charge is 0.436 e. The van der Waals surface area contributed by atoms with Crippen LogP contribution >= 0.6 is 11.6 Å². The van der Waals surface area contributed by atoms with E-state index in [-0.39, 0.29) is 22.2 Å². The number of benzene rings is 1. The summed E-state index contributed by atoms with van der Waals surface area (Å²) in [5.74, 6) is -0.333. The molecule has 2 bridgehead atoms. The minimum absolute atomic E-state index is 0.0171. The average Bonchev–Trinajstić information content (AvgIpc) is 2.72. The van der Waals surface area contributed by atoms with Crippen LogP contribution in [0.2, 0.25) is 0 Å². The van der Waals surface area contributed by atoms with Crippen molar-refractivity contribution in [3.8, 4) is 0 Å². The number of fused-ring (bicyclic) bond motifs is 3. The van der Waals surface area contributed by atoms with Crippen molar-refractivity contribution in [2.45, 2.75) is 67.9 Å². The summed E-state index contributed by atoms with van der Waals surface area (Å²) in [6.45, 7) is 0.497. The molecular weight excluding hydrogens is 391 g/mol. The van der Waals surface area contributed by atoms with Gasteiger partial charge in [-0.3, -0.25) is 10.2 Å². The predicted molar refractivity (Wildman–Crippen MR) is 115 cm³/mol. The molecular formula is C20H30BClN4O3. The lowest BCUT2D eigenvalue weighted by molar-refractivity contribution is 0.0792. The normalized spacial score (nSPS) is 26.6. The van der Waals surface area contributed by atoms with Crippen LogP contribution in [0.1, 0.15) is 67.3 Å². The number of rotatable bonds is 9. The van der Waals surface area contributed by atoms with Gasteiger partial charge in [0.2, 0.25) is 0 Å². The number of hydrogen-bond acceptors (Lipinski definition) is 4. The molecule has 0 radical (unpaired) electrons. The molecule has 1 atom stereocenters. The summed E-state index contributed by atoms with van der Waals surface area (Å²) in [5.41, 5.74) is 7.31. The fourth-order valence-electron chi connectivity index (χ4n) is 4.58. The molecule has 3 aliphatic rings. The van der Waals surface area contributed by atoms with Crippen LogP contribution in [-0.4, -0.2) is 42.2 Å². The Balaban J connectivity index is 1.57. The zero-order chi connectivity index (χ0) is 20.9. The Morgan fingerprint density at radius 2 is 1.86 bits per heavy atom. The maximum atomic E-state index is 12.6. The van der Waals surface area contributed by atoms with Crippen molar-refractivity contribution >= 4 is 31.2 Å². The van der Waals surface area contributed by atoms with E-state index in [0.717, 1.165) is 38.5 Å². The van der Waals surface area contributed by atoms with Gasteiger partial charge in [-0.25, -0.2) is 0 Å². The molecule has 0 saturated heterocycles. The highest BCUT2D eigenvalue weighted by Crippen LogP contribution is 2.56. The van der Waals surface area contributed by atoms with Crippen molar-refractivity contribution in [3.05, 3.63) is 35.4 Å². The smallest absolute Gasteiger partial charge is 0.430 e. The second kappa shape index (κ2) is 9.37. The van der Waals surface area contributed by atoms with Gasteiger partial charge in [-0.2, -0.15) is 0 Å². The molecule has 158 valence electrons. The quantitative estimate of drug-likeness (QED) is 0.104. The van der Waals surface area contributed by atoms with E-state index in [4.69, 9.17) is 32.4 Å². The molecule has 1 aromatic rings. The van der Waals surface area contributed by atoms with E-state index in [1.54, 1.807) is 0 Å². The van der Waals surface area contributed by atoms with Crippen LogP contribution in [0.4, 0.5) is 0 Å². The highest BCUT2D eigenvalue weighted by molar-refractivity contribution is 6.24. The Morgan fingerprint density at radius 1 is 1.24 bits per heavy atom. The Bertz CT molecular complexity index is 706. The second-order valence-corrected chi connectivity index (χ2v) is 9.05. The van der Waals surface area contributed by atoms with E-state index in [1.165, 1.54) is 5.56 Å². The number of carbonyl (C=O) groups excluding carboxylic acids is 1. The minimum atomic E-state index is -0.604. The molecule has 9 heteroatoms. The third-order valence-corrected chi connectivity index (χ3v) is 7.01. The van der Waals surface area contributed by atoms with Crippen molar-refractivity contribution in [2.75, 3.05) is 6.54 Å². The zero-order valence-electron chi connectivity index (χ0n) is 16.7. The van der Waals surface area contributed by atoms with Gasteiger partial charge in [-0.05, 0) is 74.5 Å². The summed E-state index contributed by atoms with van der Waals surface area (Å²) in [4.78, 5) is 12.6. The Labute approximate surface area is 177 Å². The number of hydrogen-bond donors (Lipinski definition) is 5. The first-order valence-electron chi connectivity index (χ1n) is 10.3. The number of guanidine groups is 1. The van der Waals surface area contributed by atoms with Gasteiger partial charge in [-0.1, -0.05) is 12.1 Å². The molecule has 1 aromatic carbocycles. The first-order valence-corrected chi connectivity index (χ1v) is 10.6. The molecule has 0 unspecified atom stereocenters. The van der Waals surface area contributed by atoms with Crippen LogP contribution in [0.15, 0.2) is 24.3 Å². The Hall–Kier alpha value is -1.77. The van der Waals surface area contributed by atoms with Gasteiger partial charge in [0, 0.05) is 17.0 Å². The van der Waals surface area contributed by atoms with E-state index in [9.17, 15) is 4.79 Å². The summed E-state index contributed by atoms with van der Waals surface area (Å²) in [5, 5.41) is 21.7. The first-order chi connectivity index (χ1) is 13.9. The number of halogens is 1. The molecule has 3 saturated carbocycles. The molecule has 0 heterocycles. The summed E-state index contributed by atoms with van der Waals surface area (Å²) in [6, 6.07) is 7.87. The van der Waals surface area contributed by atoms with Crippen LogP contribution in [0.5, 0.6) is 0 Å². The standard InChI is InChI=1S/C20H30BClN4O3/c22-20-10-7-19(8-11-20,9-12-20)15-5-3-14(4-6-15)17(27)26-16(29-21-28)2-1-13-25-18(23)24/h3-6,16,21,28H,1-2,7-13H2,(H,26,27)(H4,23,24,25)/t16-,19?,20?/m1/s1. The molecule has 0 spiro atoms. The van der Waals surface area contributed by atoms with Gasteiger partial charge >= 0.3 is 7.69 Å². The topological polar surface area (TPSA) is 120 Å². The maximum absolute atomic E-state index is 12.6. The molecule has 6 N–H and O–H groups in total. The molecule has 0 aliphatic heterocycles. The van der Waals surface area contributed by atoms with E-state index >= 15 is 0 Å². The highest BCUT2D eigenvalue weighted by Gasteiger charge is 2.48. The van der Waals surface area contributed by atoms with Crippen LogP contribution in [0.25, 0.3) is 0 Å². The summed E-state index contributed by atoms with van der Waals surface area (Å²) < 4.78 is 5.21. The summed E-state index contributed by atoms with van der Waals surface area (Å²) in [6.07, 6.45) is 7.06. The predicted octanol–water partition coefficient (Wildman–Crippen LogP) is 1.86. The van der Waals surface area contributed by atoms with Gasteiger partial charge < -0.3 is 26.0 Å². The molecule has 0 aromatic heterocycles. The van der Waals surface area contributed by atoms with Gasteiger partial charge in [-0.15, -0.1) is 11.6 Å². The lowest BCUT2D eigenvalue weighted by atomic mass is 9.57. The van der Waals surface area contributed by atoms with E-state index in [2.05, 4.69) is 22.8 Å². The molecule has 29 heavy (non-hydrogen) atoms. The average molecular weight is 421 g/mol. The van der Waals surface area contributed by atoms with Crippen molar-refractivity contribution in [2.24, 2.45) is 5.73 Å². The van der Waals surface area contributed by atoms with Crippen LogP contribution in [-0.2, 0) is 10.1 Å². The number of nitrogens with two attached hydrogens (primary N) is 1. The van der Waals surface area contributed by atoms with Gasteiger partial charge in [0.25, 0.3) is 5.91 Å². The van der Waals surface area contributed by atoms with Gasteiger partial charge in [0.05, 0.1) is 0 Å². The SMILES string of the molecule is N=C(N)NCCC[C@H](NC(=O)c1ccc(C23CCC(Cl)(CC2)CC3)cc1)OBO. The molecule has 3 fully saturated rings. The fraction of sp³-hybridized carbons (Fsp3) is 0.600. The van der Waals surface area contributed by atoms with E-state index in [1.807, 2.05) is 12.1 Å². The third kappa shape index (κ3) is 5.44. The van der Waals surface area contributed by atoms with Gasteiger partial charge in [0.15, 0.2) is 5.96 Å². The van der Waals surface area contributed by atoms with Crippen molar-refractivity contribution in [3.63, 3.8) is 0 Å². The molecule has 3 aliphatic carbocycles. The zero-order valence-corrected chi connectivity index (χ0v) is 17.4. The van der Waals surface area contributed by atoms with Crippen LogP contribution in [0.3, 0.4) is 0 Å². The molecule has 1 amide bonds. The van der Waals surface area contributed by atoms with E-state index < -0.39 is 13.9 Å².